The number of amides is 1. The van der Waals surface area contributed by atoms with Gasteiger partial charge in [0, 0.05) is 6.42 Å². The summed E-state index contributed by atoms with van der Waals surface area (Å²) in [7, 11) is 0. The van der Waals surface area contributed by atoms with E-state index in [2.05, 4.69) is 11.2 Å². The van der Waals surface area contributed by atoms with E-state index < -0.39 is 0 Å². The summed E-state index contributed by atoms with van der Waals surface area (Å²) in [5.41, 5.74) is 2.93. The first-order valence-electron chi connectivity index (χ1n) is 9.93. The van der Waals surface area contributed by atoms with Gasteiger partial charge in [-0.25, -0.2) is 5.01 Å². The van der Waals surface area contributed by atoms with Crippen LogP contribution < -0.4 is 0 Å². The van der Waals surface area contributed by atoms with Crippen molar-refractivity contribution in [1.29, 1.82) is 0 Å². The lowest BCUT2D eigenvalue weighted by Crippen LogP contribution is -2.32. The number of hydrazone groups is 1. The van der Waals surface area contributed by atoms with Gasteiger partial charge in [0.05, 0.1) is 17.9 Å². The number of hydrogen-bond acceptors (Lipinski definition) is 5. The highest BCUT2D eigenvalue weighted by molar-refractivity contribution is 6.03. The maximum absolute atomic E-state index is 12.9. The molecule has 0 bridgehead atoms. The summed E-state index contributed by atoms with van der Waals surface area (Å²) in [6, 6.07) is 11.3. The molecule has 0 saturated carbocycles. The molecular weight excluding hydrogens is 368 g/mol. The number of benzene rings is 1. The van der Waals surface area contributed by atoms with E-state index in [1.165, 1.54) is 5.01 Å². The van der Waals surface area contributed by atoms with Gasteiger partial charge in [0.15, 0.2) is 6.61 Å². The van der Waals surface area contributed by atoms with Gasteiger partial charge >= 0.3 is 5.97 Å². The van der Waals surface area contributed by atoms with Crippen LogP contribution in [0, 0.1) is 12.8 Å². The predicted octanol–water partition coefficient (Wildman–Crippen LogP) is 4.17. The third-order valence-corrected chi connectivity index (χ3v) is 5.36. The van der Waals surface area contributed by atoms with Gasteiger partial charge in [0.1, 0.15) is 11.8 Å². The minimum absolute atomic E-state index is 0.168. The molecule has 2 aromatic rings. The maximum Gasteiger partial charge on any atom is 0.309 e. The first-order chi connectivity index (χ1) is 14.1. The summed E-state index contributed by atoms with van der Waals surface area (Å²) >= 11 is 0. The highest BCUT2D eigenvalue weighted by Crippen LogP contribution is 2.33. The van der Waals surface area contributed by atoms with Crippen LogP contribution in [0.25, 0.3) is 0 Å². The molecule has 1 aliphatic carbocycles. The van der Waals surface area contributed by atoms with Crippen LogP contribution in [-0.2, 0) is 14.3 Å². The average Bonchev–Trinajstić information content (AvgIpc) is 3.43. The van der Waals surface area contributed by atoms with Crippen LogP contribution in [0.5, 0.6) is 0 Å². The fourth-order valence-corrected chi connectivity index (χ4v) is 3.69. The fourth-order valence-electron chi connectivity index (χ4n) is 3.69. The third kappa shape index (κ3) is 4.31. The first kappa shape index (κ1) is 19.2. The molecule has 6 nitrogen and oxygen atoms in total. The van der Waals surface area contributed by atoms with Gasteiger partial charge in [-0.3, -0.25) is 9.59 Å². The number of carbonyl (C=O) groups is 2. The van der Waals surface area contributed by atoms with E-state index in [1.54, 1.807) is 12.3 Å². The number of rotatable bonds is 5. The summed E-state index contributed by atoms with van der Waals surface area (Å²) in [5.74, 6) is -0.181. The SMILES string of the molecule is Cc1ccc(C2=NN(C(=O)COC(=O)C3CC=CCC3)C(c3ccco3)C2)cc1. The maximum atomic E-state index is 12.9. The Kier molecular flexibility index (Phi) is 5.60. The van der Waals surface area contributed by atoms with Crippen molar-refractivity contribution in [2.24, 2.45) is 11.0 Å². The smallest absolute Gasteiger partial charge is 0.309 e. The minimum atomic E-state index is -0.354. The quantitative estimate of drug-likeness (QED) is 0.566. The van der Waals surface area contributed by atoms with E-state index in [0.717, 1.165) is 29.7 Å². The molecule has 2 heterocycles. The highest BCUT2D eigenvalue weighted by atomic mass is 16.5. The van der Waals surface area contributed by atoms with Gasteiger partial charge in [0.25, 0.3) is 5.91 Å². The van der Waals surface area contributed by atoms with Crippen molar-refractivity contribution in [3.63, 3.8) is 0 Å². The van der Waals surface area contributed by atoms with Crippen LogP contribution in [0.15, 0.2) is 64.3 Å². The fraction of sp³-hybridized carbons (Fsp3) is 0.348. The second-order valence-electron chi connectivity index (χ2n) is 7.48. The summed E-state index contributed by atoms with van der Waals surface area (Å²) in [4.78, 5) is 25.1. The number of hydrogen-bond donors (Lipinski definition) is 0. The molecule has 1 aromatic heterocycles. The Bertz CT molecular complexity index is 928. The van der Waals surface area contributed by atoms with E-state index in [1.807, 2.05) is 43.3 Å². The van der Waals surface area contributed by atoms with E-state index in [4.69, 9.17) is 9.15 Å². The molecule has 2 unspecified atom stereocenters. The third-order valence-electron chi connectivity index (χ3n) is 5.36. The van der Waals surface area contributed by atoms with E-state index in [0.29, 0.717) is 18.6 Å². The highest BCUT2D eigenvalue weighted by Gasteiger charge is 2.35. The van der Waals surface area contributed by atoms with Crippen LogP contribution in [0.3, 0.4) is 0 Å². The van der Waals surface area contributed by atoms with Crippen molar-refractivity contribution in [1.82, 2.24) is 5.01 Å². The van der Waals surface area contributed by atoms with Gasteiger partial charge in [-0.2, -0.15) is 5.10 Å². The number of furan rings is 1. The zero-order chi connectivity index (χ0) is 20.2. The van der Waals surface area contributed by atoms with Crippen molar-refractivity contribution < 1.29 is 18.7 Å². The Morgan fingerprint density at radius 2 is 2.03 bits per heavy atom. The molecule has 0 spiro atoms. The monoisotopic (exact) mass is 392 g/mol. The molecule has 0 fully saturated rings. The van der Waals surface area contributed by atoms with Gasteiger partial charge in [0.2, 0.25) is 0 Å². The Balaban J connectivity index is 1.48. The summed E-state index contributed by atoms with van der Waals surface area (Å²) in [5, 5.41) is 5.94. The topological polar surface area (TPSA) is 72.1 Å². The van der Waals surface area contributed by atoms with Crippen LogP contribution in [-0.4, -0.2) is 29.2 Å². The van der Waals surface area contributed by atoms with Gasteiger partial charge in [-0.15, -0.1) is 0 Å². The predicted molar refractivity (Wildman–Crippen MR) is 108 cm³/mol. The molecule has 29 heavy (non-hydrogen) atoms. The largest absolute Gasteiger partial charge is 0.467 e. The standard InChI is InChI=1S/C23H24N2O4/c1-16-9-11-17(12-10-16)19-14-20(21-8-5-13-28-21)25(24-19)22(26)15-29-23(27)18-6-3-2-4-7-18/h2-3,5,8-13,18,20H,4,6-7,14-15H2,1H3. The van der Waals surface area contributed by atoms with Gasteiger partial charge in [-0.05, 0) is 43.9 Å². The van der Waals surface area contributed by atoms with Gasteiger partial charge in [-0.1, -0.05) is 42.0 Å². The van der Waals surface area contributed by atoms with Crippen molar-refractivity contribution in [2.75, 3.05) is 6.61 Å². The Morgan fingerprint density at radius 3 is 2.72 bits per heavy atom. The molecule has 1 amide bonds. The normalized spacial score (nSPS) is 21.1. The number of ether oxygens (including phenoxy) is 1. The minimum Gasteiger partial charge on any atom is -0.467 e. The summed E-state index contributed by atoms with van der Waals surface area (Å²) in [6.45, 7) is 1.71. The molecule has 1 aliphatic heterocycles. The lowest BCUT2D eigenvalue weighted by Gasteiger charge is -2.21. The molecular formula is C23H24N2O4. The second-order valence-corrected chi connectivity index (χ2v) is 7.48. The molecule has 4 rings (SSSR count). The van der Waals surface area contributed by atoms with E-state index in [9.17, 15) is 9.59 Å². The van der Waals surface area contributed by atoms with E-state index in [-0.39, 0.29) is 30.4 Å². The first-order valence-corrected chi connectivity index (χ1v) is 9.93. The van der Waals surface area contributed by atoms with Crippen LogP contribution in [0.2, 0.25) is 0 Å². The molecule has 1 aromatic carbocycles. The van der Waals surface area contributed by atoms with Crippen molar-refractivity contribution in [3.8, 4) is 0 Å². The molecule has 6 heteroatoms. The molecule has 2 atom stereocenters. The molecule has 150 valence electrons. The van der Waals surface area contributed by atoms with Gasteiger partial charge < -0.3 is 9.15 Å². The second kappa shape index (κ2) is 8.47. The Labute approximate surface area is 169 Å². The Hall–Kier alpha value is -3.15. The number of esters is 1. The lowest BCUT2D eigenvalue weighted by atomic mass is 9.95. The van der Waals surface area contributed by atoms with Crippen molar-refractivity contribution in [3.05, 3.63) is 71.7 Å². The van der Waals surface area contributed by atoms with Crippen LogP contribution >= 0.6 is 0 Å². The number of carbonyl (C=O) groups excluding carboxylic acids is 2. The molecule has 2 aliphatic rings. The zero-order valence-corrected chi connectivity index (χ0v) is 16.4. The molecule has 0 saturated heterocycles. The lowest BCUT2D eigenvalue weighted by molar-refractivity contribution is -0.156. The number of nitrogens with zero attached hydrogens (tertiary/aromatic N) is 2. The average molecular weight is 392 g/mol. The van der Waals surface area contributed by atoms with Crippen LogP contribution in [0.1, 0.15) is 48.6 Å². The van der Waals surface area contributed by atoms with Crippen molar-refractivity contribution >= 4 is 17.6 Å². The van der Waals surface area contributed by atoms with Crippen molar-refractivity contribution in [2.45, 2.75) is 38.6 Å². The molecule has 0 N–H and O–H groups in total. The number of allylic oxidation sites excluding steroid dienone is 2. The van der Waals surface area contributed by atoms with Crippen LogP contribution in [0.4, 0.5) is 0 Å². The summed E-state index contributed by atoms with van der Waals surface area (Å²) in [6.07, 6.45) is 8.48. The van der Waals surface area contributed by atoms with E-state index >= 15 is 0 Å². The molecule has 0 radical (unpaired) electrons. The number of aryl methyl sites for hydroxylation is 1. The zero-order valence-electron chi connectivity index (χ0n) is 16.4. The Morgan fingerprint density at radius 1 is 1.21 bits per heavy atom. The summed E-state index contributed by atoms with van der Waals surface area (Å²) < 4.78 is 10.9.